The molecule has 0 radical (unpaired) electrons. The van der Waals surface area contributed by atoms with Crippen molar-refractivity contribution in [1.29, 1.82) is 10.5 Å². The molecule has 5 aromatic heterocycles. The van der Waals surface area contributed by atoms with Crippen LogP contribution in [0, 0.1) is 50.4 Å². The van der Waals surface area contributed by atoms with E-state index < -0.39 is 0 Å². The molecule has 0 bridgehead atoms. The predicted octanol–water partition coefficient (Wildman–Crippen LogP) is 23.9. The lowest BCUT2D eigenvalue weighted by Gasteiger charge is -2.20. The molecule has 0 saturated heterocycles. The summed E-state index contributed by atoms with van der Waals surface area (Å²) in [5, 5.41) is 33.6. The Kier molecular flexibility index (Phi) is 14.0. The smallest absolute Gasteiger partial charge is 0.104 e. The van der Waals surface area contributed by atoms with Gasteiger partial charge in [0.15, 0.2) is 0 Å². The largest absolute Gasteiger partial charge is 0.309 e. The molecule has 468 valence electrons. The van der Waals surface area contributed by atoms with Crippen LogP contribution >= 0.6 is 15.9 Å². The maximum atomic E-state index is 11.3. The molecule has 20 rings (SSSR count). The zero-order valence-corrected chi connectivity index (χ0v) is 56.5. The van der Waals surface area contributed by atoms with E-state index in [-0.39, 0.29) is 0 Å². The zero-order valence-electron chi connectivity index (χ0n) is 54.9. The average Bonchev–Trinajstić information content (AvgIpc) is 1.58. The Balaban J connectivity index is 0.000000122. The standard InChI is InChI=1S/C45H30N4.C31H18BrN3.C15H14/c1-28-13-11-19-35-36-20-12-14-29(2)45(36)47(44(28)35)30-25-42(48-38-21-7-3-15-31(38)32-16-4-8-22-39(32)48)37(27-46)43(26-30)49-40-23-9-5-17-33(40)34-18-6-10-24-41(34)49;32-20-17-30(34-26-13-5-1-9-21(26)22-10-2-6-14-27(22)34)25(19-33)31(18-20)35-28-15-7-3-11-23(28)24-12-4-8-16-29(24)35;1-10-5-3-7-12-13-8-4-6-11(2)15(13)9-14(10)12/h3-26H,1-2H3;1-18H;3-8H,9H2,1-2H3. The number of halogens is 1. The number of benzene rings is 14. The molecular formula is C91H62BrN7. The molecule has 19 aromatic rings. The first-order valence-corrected chi connectivity index (χ1v) is 34.4. The molecule has 0 unspecified atom stereocenters. The summed E-state index contributed by atoms with van der Waals surface area (Å²) in [6, 6.07) is 108. The highest BCUT2D eigenvalue weighted by Crippen LogP contribution is 2.45. The number of para-hydroxylation sites is 10. The van der Waals surface area contributed by atoms with Crippen LogP contribution in [0.1, 0.15) is 44.5 Å². The Hall–Kier alpha value is -12.5. The molecule has 5 heterocycles. The first kappa shape index (κ1) is 59.1. The third kappa shape index (κ3) is 9.14. The summed E-state index contributed by atoms with van der Waals surface area (Å²) >= 11 is 3.77. The molecule has 0 fully saturated rings. The number of hydrogen-bond donors (Lipinski definition) is 0. The molecule has 8 heteroatoms. The molecule has 1 aliphatic carbocycles. The van der Waals surface area contributed by atoms with Crippen LogP contribution in [-0.2, 0) is 6.42 Å². The molecule has 99 heavy (non-hydrogen) atoms. The van der Waals surface area contributed by atoms with Crippen LogP contribution in [0.4, 0.5) is 0 Å². The average molecular weight is 1330 g/mol. The van der Waals surface area contributed by atoms with Gasteiger partial charge >= 0.3 is 0 Å². The zero-order chi connectivity index (χ0) is 66.7. The highest BCUT2D eigenvalue weighted by molar-refractivity contribution is 9.10. The second-order valence-corrected chi connectivity index (χ2v) is 27.0. The third-order valence-corrected chi connectivity index (χ3v) is 21.0. The molecular weight excluding hydrogens is 1270 g/mol. The van der Waals surface area contributed by atoms with E-state index >= 15 is 0 Å². The second kappa shape index (κ2) is 23.4. The third-order valence-electron chi connectivity index (χ3n) is 20.6. The number of hydrogen-bond acceptors (Lipinski definition) is 2. The minimum absolute atomic E-state index is 0.621. The first-order valence-electron chi connectivity index (χ1n) is 33.6. The number of nitrogens with zero attached hydrogens (tertiary/aromatic N) is 7. The predicted molar refractivity (Wildman–Crippen MR) is 415 cm³/mol. The summed E-state index contributed by atoms with van der Waals surface area (Å²) in [5.41, 5.74) is 27.8. The lowest BCUT2D eigenvalue weighted by atomic mass is 10.0. The molecule has 0 saturated carbocycles. The van der Waals surface area contributed by atoms with Crippen LogP contribution in [0.25, 0.3) is 149 Å². The summed E-state index contributed by atoms with van der Waals surface area (Å²) in [6.45, 7) is 8.80. The van der Waals surface area contributed by atoms with Gasteiger partial charge in [-0.25, -0.2) is 0 Å². The van der Waals surface area contributed by atoms with E-state index in [0.29, 0.717) is 11.1 Å². The summed E-state index contributed by atoms with van der Waals surface area (Å²) in [5.74, 6) is 0. The van der Waals surface area contributed by atoms with Crippen LogP contribution < -0.4 is 0 Å². The summed E-state index contributed by atoms with van der Waals surface area (Å²) in [7, 11) is 0. The number of fused-ring (bicyclic) bond motifs is 18. The van der Waals surface area contributed by atoms with Gasteiger partial charge in [-0.15, -0.1) is 0 Å². The van der Waals surface area contributed by atoms with Gasteiger partial charge in [-0.2, -0.15) is 10.5 Å². The van der Waals surface area contributed by atoms with Gasteiger partial charge in [-0.1, -0.05) is 234 Å². The van der Waals surface area contributed by atoms with E-state index in [1.807, 2.05) is 0 Å². The molecule has 0 spiro atoms. The fraction of sp³-hybridized carbons (Fsp3) is 0.0549. The minimum Gasteiger partial charge on any atom is -0.309 e. The monoisotopic (exact) mass is 1330 g/mol. The quantitative estimate of drug-likeness (QED) is 0.172. The Labute approximate surface area is 580 Å². The van der Waals surface area contributed by atoms with Crippen molar-refractivity contribution < 1.29 is 0 Å². The van der Waals surface area contributed by atoms with Crippen LogP contribution in [0.15, 0.2) is 296 Å². The molecule has 0 atom stereocenters. The fourth-order valence-corrected chi connectivity index (χ4v) is 16.7. The summed E-state index contributed by atoms with van der Waals surface area (Å²) < 4.78 is 12.3. The van der Waals surface area contributed by atoms with E-state index in [1.165, 1.54) is 87.9 Å². The fourth-order valence-electron chi connectivity index (χ4n) is 16.2. The van der Waals surface area contributed by atoms with Gasteiger partial charge in [0.2, 0.25) is 0 Å². The number of nitriles is 2. The van der Waals surface area contributed by atoms with E-state index in [0.717, 1.165) is 105 Å². The molecule has 14 aromatic carbocycles. The van der Waals surface area contributed by atoms with E-state index in [1.54, 1.807) is 0 Å². The first-order chi connectivity index (χ1) is 48.7. The Morgan fingerprint density at radius 3 is 0.798 bits per heavy atom. The van der Waals surface area contributed by atoms with Crippen molar-refractivity contribution in [3.05, 3.63) is 340 Å². The maximum Gasteiger partial charge on any atom is 0.104 e. The van der Waals surface area contributed by atoms with Crippen molar-refractivity contribution in [3.63, 3.8) is 0 Å². The highest BCUT2D eigenvalue weighted by Gasteiger charge is 2.27. The Morgan fingerprint density at radius 1 is 0.273 bits per heavy atom. The van der Waals surface area contributed by atoms with Crippen LogP contribution in [0.3, 0.4) is 0 Å². The number of aryl methyl sites for hydroxylation is 4. The molecule has 7 nitrogen and oxygen atoms in total. The normalized spacial score (nSPS) is 11.8. The van der Waals surface area contributed by atoms with Gasteiger partial charge in [-0.05, 0) is 151 Å². The Bertz CT molecular complexity index is 6090. The van der Waals surface area contributed by atoms with E-state index in [4.69, 9.17) is 0 Å². The van der Waals surface area contributed by atoms with Gasteiger partial charge in [0, 0.05) is 58.3 Å². The van der Waals surface area contributed by atoms with E-state index in [9.17, 15) is 10.5 Å². The van der Waals surface area contributed by atoms with Crippen molar-refractivity contribution in [3.8, 4) is 51.7 Å². The van der Waals surface area contributed by atoms with Crippen LogP contribution in [0.2, 0.25) is 0 Å². The van der Waals surface area contributed by atoms with Crippen molar-refractivity contribution in [2.24, 2.45) is 0 Å². The van der Waals surface area contributed by atoms with Crippen molar-refractivity contribution >= 4 is 125 Å². The highest BCUT2D eigenvalue weighted by atomic mass is 79.9. The van der Waals surface area contributed by atoms with E-state index in [2.05, 4.69) is 370 Å². The number of rotatable bonds is 5. The van der Waals surface area contributed by atoms with Gasteiger partial charge in [0.25, 0.3) is 0 Å². The van der Waals surface area contributed by atoms with Crippen molar-refractivity contribution in [1.82, 2.24) is 22.8 Å². The molecule has 0 amide bonds. The van der Waals surface area contributed by atoms with Gasteiger partial charge in [0.05, 0.1) is 83.6 Å². The van der Waals surface area contributed by atoms with Gasteiger partial charge in [0.1, 0.15) is 23.3 Å². The lowest BCUT2D eigenvalue weighted by molar-refractivity contribution is 1.08. The van der Waals surface area contributed by atoms with Crippen LogP contribution in [0.5, 0.6) is 0 Å². The van der Waals surface area contributed by atoms with Gasteiger partial charge < -0.3 is 22.8 Å². The SMILES string of the molecule is Cc1cccc2c1Cc1c(C)cccc1-2.Cc1cccc2c3cccc(C)c3n(-c3cc(-n4c5ccccc5c5ccccc54)c(C#N)c(-n4c5ccccc5c5ccccc54)c3)c12.N#Cc1c(-n2c3ccccc3c3ccccc32)cc(Br)cc1-n1c2ccccc2c2ccccc21. The molecule has 1 aliphatic rings. The minimum atomic E-state index is 0.621. The lowest BCUT2D eigenvalue weighted by Crippen LogP contribution is -2.07. The summed E-state index contributed by atoms with van der Waals surface area (Å²) in [6.07, 6.45) is 1.12. The topological polar surface area (TPSA) is 72.2 Å². The molecule has 0 N–H and O–H groups in total. The Morgan fingerprint density at radius 2 is 0.515 bits per heavy atom. The molecule has 0 aliphatic heterocycles. The number of aromatic nitrogens is 5. The van der Waals surface area contributed by atoms with Crippen LogP contribution in [-0.4, -0.2) is 22.8 Å². The van der Waals surface area contributed by atoms with Crippen molar-refractivity contribution in [2.75, 3.05) is 0 Å². The van der Waals surface area contributed by atoms with Crippen molar-refractivity contribution in [2.45, 2.75) is 34.1 Å². The maximum absolute atomic E-state index is 11.3. The summed E-state index contributed by atoms with van der Waals surface area (Å²) in [4.78, 5) is 0. The van der Waals surface area contributed by atoms with Gasteiger partial charge in [-0.3, -0.25) is 0 Å². The second-order valence-electron chi connectivity index (χ2n) is 26.0.